The average Bonchev–Trinajstić information content (AvgIpc) is 3.25. The molecule has 0 aliphatic carbocycles. The number of carbonyl (C=O) groups excluding carboxylic acids is 1. The van der Waals surface area contributed by atoms with Crippen LogP contribution in [0.15, 0.2) is 53.0 Å². The van der Waals surface area contributed by atoms with Gasteiger partial charge in [0.2, 0.25) is 0 Å². The molecule has 2 heterocycles. The van der Waals surface area contributed by atoms with Crippen molar-refractivity contribution in [1.29, 1.82) is 5.26 Å². The zero-order chi connectivity index (χ0) is 21.0. The van der Waals surface area contributed by atoms with Crippen molar-refractivity contribution in [3.63, 3.8) is 0 Å². The van der Waals surface area contributed by atoms with Crippen LogP contribution in [0, 0.1) is 25.2 Å². The number of thiazole rings is 1. The molecule has 0 unspecified atom stereocenters. The van der Waals surface area contributed by atoms with Gasteiger partial charge in [0.05, 0.1) is 5.69 Å². The summed E-state index contributed by atoms with van der Waals surface area (Å²) in [4.78, 5) is 15.9. The topological polar surface area (TPSA) is 96.7 Å². The minimum Gasteiger partial charge on any atom is -0.365 e. The lowest BCUT2D eigenvalue weighted by molar-refractivity contribution is -0.114. The Hall–Kier alpha value is -3.37. The lowest BCUT2D eigenvalue weighted by Gasteiger charge is -2.09. The van der Waals surface area contributed by atoms with E-state index in [1.165, 1.54) is 22.6 Å². The number of aromatic nitrogens is 2. The molecule has 1 aromatic carbocycles. The number of hydrogen-bond donors (Lipinski definition) is 2. The molecule has 0 bridgehead atoms. The SMILES string of the molecule is CC(Nc1nc(-c2cc(C)n(CCc3ccccc3)c2C)cs1)=C(C#N)C(N)=O. The monoisotopic (exact) mass is 405 g/mol. The number of amides is 1. The molecule has 148 valence electrons. The predicted octanol–water partition coefficient (Wildman–Crippen LogP) is 4.17. The standard InChI is InChI=1S/C22H23N5OS/c1-14-11-18(16(3)27(14)10-9-17-7-5-4-6-8-17)20-13-29-22(26-20)25-15(2)19(12-23)21(24)28/h4-8,11,13H,9-10H2,1-3H3,(H2,24,28)(H,25,26). The Morgan fingerprint density at radius 2 is 2.03 bits per heavy atom. The maximum atomic E-state index is 11.3. The number of aryl methyl sites for hydroxylation is 2. The minimum atomic E-state index is -0.753. The molecule has 7 heteroatoms. The summed E-state index contributed by atoms with van der Waals surface area (Å²) in [7, 11) is 0. The molecular weight excluding hydrogens is 382 g/mol. The van der Waals surface area contributed by atoms with Crippen molar-refractivity contribution >= 4 is 22.4 Å². The van der Waals surface area contributed by atoms with Gasteiger partial charge in [0.25, 0.3) is 5.91 Å². The fraction of sp³-hybridized carbons (Fsp3) is 0.227. The van der Waals surface area contributed by atoms with Crippen LogP contribution in [0.4, 0.5) is 5.13 Å². The van der Waals surface area contributed by atoms with Crippen molar-refractivity contribution in [2.24, 2.45) is 5.73 Å². The molecule has 6 nitrogen and oxygen atoms in total. The highest BCUT2D eigenvalue weighted by Crippen LogP contribution is 2.30. The summed E-state index contributed by atoms with van der Waals surface area (Å²) in [6.45, 7) is 6.75. The summed E-state index contributed by atoms with van der Waals surface area (Å²) < 4.78 is 2.31. The van der Waals surface area contributed by atoms with Gasteiger partial charge in [-0.15, -0.1) is 11.3 Å². The largest absolute Gasteiger partial charge is 0.365 e. The van der Waals surface area contributed by atoms with E-state index in [0.29, 0.717) is 10.8 Å². The maximum Gasteiger partial charge on any atom is 0.261 e. The molecule has 2 aromatic heterocycles. The van der Waals surface area contributed by atoms with E-state index < -0.39 is 5.91 Å². The molecule has 0 spiro atoms. The van der Waals surface area contributed by atoms with Crippen LogP contribution in [0.3, 0.4) is 0 Å². The molecule has 0 fully saturated rings. The fourth-order valence-corrected chi connectivity index (χ4v) is 4.06. The van der Waals surface area contributed by atoms with Gasteiger partial charge in [0.1, 0.15) is 11.6 Å². The second-order valence-corrected chi connectivity index (χ2v) is 7.67. The summed E-state index contributed by atoms with van der Waals surface area (Å²) in [5.74, 6) is -0.753. The highest BCUT2D eigenvalue weighted by Gasteiger charge is 2.15. The first kappa shape index (κ1) is 20.4. The molecule has 3 rings (SSSR count). The Morgan fingerprint density at radius 1 is 1.31 bits per heavy atom. The molecule has 29 heavy (non-hydrogen) atoms. The van der Waals surface area contributed by atoms with Gasteiger partial charge in [0.15, 0.2) is 5.13 Å². The third kappa shape index (κ3) is 4.55. The van der Waals surface area contributed by atoms with E-state index in [0.717, 1.165) is 29.9 Å². The molecule has 0 atom stereocenters. The highest BCUT2D eigenvalue weighted by molar-refractivity contribution is 7.14. The van der Waals surface area contributed by atoms with Crippen LogP contribution in [0.1, 0.15) is 23.9 Å². The number of primary amides is 1. The van der Waals surface area contributed by atoms with Crippen LogP contribution in [-0.2, 0) is 17.8 Å². The van der Waals surface area contributed by atoms with Gasteiger partial charge < -0.3 is 15.6 Å². The van der Waals surface area contributed by atoms with Crippen LogP contribution >= 0.6 is 11.3 Å². The van der Waals surface area contributed by atoms with E-state index in [1.54, 1.807) is 6.92 Å². The molecule has 3 aromatic rings. The number of benzene rings is 1. The number of rotatable bonds is 7. The van der Waals surface area contributed by atoms with Crippen LogP contribution < -0.4 is 11.1 Å². The molecule has 0 saturated heterocycles. The molecule has 0 aliphatic rings. The Labute approximate surface area is 174 Å². The number of hydrogen-bond acceptors (Lipinski definition) is 5. The number of allylic oxidation sites excluding steroid dienone is 1. The van der Waals surface area contributed by atoms with Crippen molar-refractivity contribution in [1.82, 2.24) is 9.55 Å². The van der Waals surface area contributed by atoms with Gasteiger partial charge in [-0.3, -0.25) is 4.79 Å². The van der Waals surface area contributed by atoms with E-state index in [9.17, 15) is 4.79 Å². The molecule has 0 saturated carbocycles. The maximum absolute atomic E-state index is 11.3. The predicted molar refractivity (Wildman–Crippen MR) is 116 cm³/mol. The first-order chi connectivity index (χ1) is 13.9. The summed E-state index contributed by atoms with van der Waals surface area (Å²) in [6.07, 6.45) is 0.967. The second kappa shape index (κ2) is 8.76. The molecule has 3 N–H and O–H groups in total. The van der Waals surface area contributed by atoms with Gasteiger partial charge in [-0.25, -0.2) is 4.98 Å². The third-order valence-electron chi connectivity index (χ3n) is 4.85. The van der Waals surface area contributed by atoms with Gasteiger partial charge >= 0.3 is 0 Å². The zero-order valence-electron chi connectivity index (χ0n) is 16.7. The van der Waals surface area contributed by atoms with E-state index in [1.807, 2.05) is 17.5 Å². The molecule has 1 amide bonds. The van der Waals surface area contributed by atoms with E-state index >= 15 is 0 Å². The van der Waals surface area contributed by atoms with Crippen LogP contribution in [0.2, 0.25) is 0 Å². The van der Waals surface area contributed by atoms with Crippen molar-refractivity contribution in [2.45, 2.75) is 33.7 Å². The summed E-state index contributed by atoms with van der Waals surface area (Å²) >= 11 is 1.42. The van der Waals surface area contributed by atoms with E-state index in [4.69, 9.17) is 11.0 Å². The Balaban J connectivity index is 1.80. The first-order valence-electron chi connectivity index (χ1n) is 9.25. The van der Waals surface area contributed by atoms with Crippen LogP contribution in [0.25, 0.3) is 11.3 Å². The normalized spacial score (nSPS) is 11.7. The van der Waals surface area contributed by atoms with Crippen LogP contribution in [-0.4, -0.2) is 15.5 Å². The van der Waals surface area contributed by atoms with Gasteiger partial charge in [-0.05, 0) is 38.8 Å². The van der Waals surface area contributed by atoms with Crippen molar-refractivity contribution in [3.05, 3.63) is 70.0 Å². The van der Waals surface area contributed by atoms with Gasteiger partial charge in [-0.1, -0.05) is 30.3 Å². The summed E-state index contributed by atoms with van der Waals surface area (Å²) in [5, 5.41) is 14.7. The van der Waals surface area contributed by atoms with Crippen molar-refractivity contribution < 1.29 is 4.79 Å². The number of carbonyl (C=O) groups is 1. The minimum absolute atomic E-state index is 0.0964. The first-order valence-corrected chi connectivity index (χ1v) is 10.1. The second-order valence-electron chi connectivity index (χ2n) is 6.81. The Morgan fingerprint density at radius 3 is 2.69 bits per heavy atom. The van der Waals surface area contributed by atoms with Gasteiger partial charge in [-0.2, -0.15) is 5.26 Å². The number of nitriles is 1. The quantitative estimate of drug-likeness (QED) is 0.455. The van der Waals surface area contributed by atoms with E-state index in [2.05, 4.69) is 59.0 Å². The smallest absolute Gasteiger partial charge is 0.261 e. The zero-order valence-corrected chi connectivity index (χ0v) is 17.5. The third-order valence-corrected chi connectivity index (χ3v) is 5.61. The lowest BCUT2D eigenvalue weighted by Crippen LogP contribution is -2.16. The molecule has 0 aliphatic heterocycles. The lowest BCUT2D eigenvalue weighted by atomic mass is 10.1. The average molecular weight is 406 g/mol. The number of anilines is 1. The number of nitrogens with zero attached hydrogens (tertiary/aromatic N) is 3. The Bertz CT molecular complexity index is 1100. The highest BCUT2D eigenvalue weighted by atomic mass is 32.1. The molecular formula is C22H23N5OS. The molecule has 0 radical (unpaired) electrons. The van der Waals surface area contributed by atoms with Gasteiger partial charge in [0, 0.05) is 34.6 Å². The number of nitrogens with two attached hydrogens (primary N) is 1. The Kier molecular flexibility index (Phi) is 6.15. The fourth-order valence-electron chi connectivity index (χ4n) is 3.29. The number of nitrogens with one attached hydrogen (secondary N) is 1. The van der Waals surface area contributed by atoms with E-state index in [-0.39, 0.29) is 5.57 Å². The summed E-state index contributed by atoms with van der Waals surface area (Å²) in [5.41, 5.74) is 11.1. The summed E-state index contributed by atoms with van der Waals surface area (Å²) in [6, 6.07) is 14.4. The van der Waals surface area contributed by atoms with Crippen molar-refractivity contribution in [3.8, 4) is 17.3 Å². The van der Waals surface area contributed by atoms with Crippen molar-refractivity contribution in [2.75, 3.05) is 5.32 Å². The van der Waals surface area contributed by atoms with Crippen LogP contribution in [0.5, 0.6) is 0 Å².